The summed E-state index contributed by atoms with van der Waals surface area (Å²) in [6.45, 7) is 7.27. The van der Waals surface area contributed by atoms with Crippen molar-refractivity contribution in [1.82, 2.24) is 14.9 Å². The van der Waals surface area contributed by atoms with Crippen LogP contribution < -0.4 is 10.0 Å². The zero-order valence-corrected chi connectivity index (χ0v) is 13.7. The second-order valence-corrected chi connectivity index (χ2v) is 7.50. The van der Waals surface area contributed by atoms with Crippen molar-refractivity contribution in [2.75, 3.05) is 45.0 Å². The van der Waals surface area contributed by atoms with Gasteiger partial charge in [-0.3, -0.25) is 4.90 Å². The van der Waals surface area contributed by atoms with Gasteiger partial charge in [0.05, 0.1) is 5.75 Å². The van der Waals surface area contributed by atoms with Crippen molar-refractivity contribution < 1.29 is 8.42 Å². The normalized spacial score (nSPS) is 17.4. The molecule has 1 aliphatic heterocycles. The van der Waals surface area contributed by atoms with E-state index >= 15 is 0 Å². The van der Waals surface area contributed by atoms with E-state index in [1.54, 1.807) is 0 Å². The highest BCUT2D eigenvalue weighted by Crippen LogP contribution is 2.04. The van der Waals surface area contributed by atoms with E-state index in [-0.39, 0.29) is 5.75 Å². The standard InChI is InChI=1S/C14H31N3O2S/c1-2-3-4-5-6-7-8-16-20(18,19)14-13-17-11-9-15-10-12-17/h15-16H,2-14H2,1H3. The van der Waals surface area contributed by atoms with Gasteiger partial charge >= 0.3 is 0 Å². The summed E-state index contributed by atoms with van der Waals surface area (Å²) in [5.41, 5.74) is 0. The van der Waals surface area contributed by atoms with Gasteiger partial charge in [-0.25, -0.2) is 13.1 Å². The van der Waals surface area contributed by atoms with Gasteiger partial charge in [-0.15, -0.1) is 0 Å². The first-order valence-corrected chi connectivity index (χ1v) is 9.69. The molecule has 0 aromatic carbocycles. The highest BCUT2D eigenvalue weighted by Gasteiger charge is 2.14. The first-order chi connectivity index (χ1) is 9.64. The van der Waals surface area contributed by atoms with Crippen LogP contribution in [-0.4, -0.2) is 58.3 Å². The summed E-state index contributed by atoms with van der Waals surface area (Å²) in [5, 5.41) is 3.27. The molecule has 0 radical (unpaired) electrons. The Morgan fingerprint density at radius 1 is 1.05 bits per heavy atom. The van der Waals surface area contributed by atoms with Crippen LogP contribution in [0.4, 0.5) is 0 Å². The predicted molar refractivity (Wildman–Crippen MR) is 84.5 cm³/mol. The number of piperazine rings is 1. The first kappa shape index (κ1) is 17.9. The van der Waals surface area contributed by atoms with E-state index in [1.165, 1.54) is 25.7 Å². The Bertz CT molecular complexity index is 327. The molecule has 0 saturated carbocycles. The molecule has 0 spiro atoms. The minimum absolute atomic E-state index is 0.225. The quantitative estimate of drug-likeness (QED) is 0.563. The number of hydrogen-bond donors (Lipinski definition) is 2. The second-order valence-electron chi connectivity index (χ2n) is 5.57. The third-order valence-corrected chi connectivity index (χ3v) is 5.10. The third-order valence-electron chi connectivity index (χ3n) is 3.74. The van der Waals surface area contributed by atoms with Gasteiger partial charge in [-0.2, -0.15) is 0 Å². The Kier molecular flexibility index (Phi) is 9.42. The van der Waals surface area contributed by atoms with Gasteiger partial charge in [0, 0.05) is 39.3 Å². The molecule has 0 unspecified atom stereocenters. The number of sulfonamides is 1. The Morgan fingerprint density at radius 2 is 1.70 bits per heavy atom. The molecule has 0 aliphatic carbocycles. The van der Waals surface area contributed by atoms with Crippen LogP contribution in [0.3, 0.4) is 0 Å². The first-order valence-electron chi connectivity index (χ1n) is 8.04. The Morgan fingerprint density at radius 3 is 2.40 bits per heavy atom. The fourth-order valence-electron chi connectivity index (χ4n) is 2.39. The van der Waals surface area contributed by atoms with Crippen molar-refractivity contribution in [1.29, 1.82) is 0 Å². The molecular formula is C14H31N3O2S. The summed E-state index contributed by atoms with van der Waals surface area (Å²) in [6.07, 6.45) is 7.11. The van der Waals surface area contributed by atoms with Gasteiger partial charge in [-0.1, -0.05) is 39.0 Å². The van der Waals surface area contributed by atoms with Crippen LogP contribution in [0.2, 0.25) is 0 Å². The monoisotopic (exact) mass is 305 g/mol. The largest absolute Gasteiger partial charge is 0.314 e. The maximum absolute atomic E-state index is 11.9. The van der Waals surface area contributed by atoms with Crippen LogP contribution in [0.15, 0.2) is 0 Å². The van der Waals surface area contributed by atoms with E-state index in [4.69, 9.17) is 0 Å². The number of hydrogen-bond acceptors (Lipinski definition) is 4. The average molecular weight is 305 g/mol. The molecule has 2 N–H and O–H groups in total. The van der Waals surface area contributed by atoms with Crippen molar-refractivity contribution in [2.45, 2.75) is 45.4 Å². The molecule has 1 heterocycles. The number of rotatable bonds is 11. The SMILES string of the molecule is CCCCCCCCNS(=O)(=O)CCN1CCNCC1. The lowest BCUT2D eigenvalue weighted by Gasteiger charge is -2.26. The van der Waals surface area contributed by atoms with Crippen LogP contribution >= 0.6 is 0 Å². The Balaban J connectivity index is 2.02. The molecule has 20 heavy (non-hydrogen) atoms. The van der Waals surface area contributed by atoms with Crippen LogP contribution in [0.5, 0.6) is 0 Å². The number of nitrogens with one attached hydrogen (secondary N) is 2. The van der Waals surface area contributed by atoms with Gasteiger partial charge in [0.1, 0.15) is 0 Å². The van der Waals surface area contributed by atoms with Crippen LogP contribution in [-0.2, 0) is 10.0 Å². The third kappa shape index (κ3) is 8.89. The Hall–Kier alpha value is -0.170. The maximum atomic E-state index is 11.9. The van der Waals surface area contributed by atoms with Crippen molar-refractivity contribution >= 4 is 10.0 Å². The fraction of sp³-hybridized carbons (Fsp3) is 1.00. The summed E-state index contributed by atoms with van der Waals surface area (Å²) in [4.78, 5) is 2.21. The van der Waals surface area contributed by atoms with E-state index in [0.717, 1.165) is 39.0 Å². The summed E-state index contributed by atoms with van der Waals surface area (Å²) >= 11 is 0. The molecule has 1 rings (SSSR count). The van der Waals surface area contributed by atoms with Gasteiger partial charge in [0.25, 0.3) is 0 Å². The molecule has 1 fully saturated rings. The lowest BCUT2D eigenvalue weighted by molar-refractivity contribution is 0.253. The lowest BCUT2D eigenvalue weighted by Crippen LogP contribution is -2.45. The molecule has 0 atom stereocenters. The van der Waals surface area contributed by atoms with Crippen molar-refractivity contribution in [3.05, 3.63) is 0 Å². The average Bonchev–Trinajstić information content (AvgIpc) is 2.45. The molecule has 0 aromatic rings. The smallest absolute Gasteiger partial charge is 0.212 e. The van der Waals surface area contributed by atoms with E-state index in [2.05, 4.69) is 21.9 Å². The Labute approximate surface area is 124 Å². The highest BCUT2D eigenvalue weighted by molar-refractivity contribution is 7.89. The van der Waals surface area contributed by atoms with Crippen LogP contribution in [0.1, 0.15) is 45.4 Å². The molecule has 1 saturated heterocycles. The van der Waals surface area contributed by atoms with E-state index in [9.17, 15) is 8.42 Å². The van der Waals surface area contributed by atoms with E-state index < -0.39 is 10.0 Å². The van der Waals surface area contributed by atoms with E-state index in [0.29, 0.717) is 13.1 Å². The zero-order chi connectivity index (χ0) is 14.7. The van der Waals surface area contributed by atoms with Gasteiger partial charge in [-0.05, 0) is 6.42 Å². The number of unbranched alkanes of at least 4 members (excludes halogenated alkanes) is 5. The minimum atomic E-state index is -3.09. The maximum Gasteiger partial charge on any atom is 0.212 e. The van der Waals surface area contributed by atoms with Crippen molar-refractivity contribution in [3.63, 3.8) is 0 Å². The molecule has 6 heteroatoms. The summed E-state index contributed by atoms with van der Waals surface area (Å²) in [5.74, 6) is 0.225. The predicted octanol–water partition coefficient (Wildman–Crippen LogP) is 1.17. The molecular weight excluding hydrogens is 274 g/mol. The lowest BCUT2D eigenvalue weighted by atomic mass is 10.1. The van der Waals surface area contributed by atoms with Crippen molar-refractivity contribution in [2.24, 2.45) is 0 Å². The topological polar surface area (TPSA) is 61.4 Å². The second kappa shape index (κ2) is 10.5. The summed E-state index contributed by atoms with van der Waals surface area (Å²) < 4.78 is 26.4. The van der Waals surface area contributed by atoms with Crippen LogP contribution in [0, 0.1) is 0 Å². The molecule has 5 nitrogen and oxygen atoms in total. The van der Waals surface area contributed by atoms with Crippen molar-refractivity contribution in [3.8, 4) is 0 Å². The minimum Gasteiger partial charge on any atom is -0.314 e. The molecule has 1 aliphatic rings. The highest BCUT2D eigenvalue weighted by atomic mass is 32.2. The van der Waals surface area contributed by atoms with E-state index in [1.807, 2.05) is 0 Å². The molecule has 0 bridgehead atoms. The summed E-state index contributed by atoms with van der Waals surface area (Å²) in [6, 6.07) is 0. The molecule has 0 amide bonds. The zero-order valence-electron chi connectivity index (χ0n) is 12.9. The molecule has 120 valence electrons. The number of nitrogens with zero attached hydrogens (tertiary/aromatic N) is 1. The van der Waals surface area contributed by atoms with Gasteiger partial charge in [0.2, 0.25) is 10.0 Å². The fourth-order valence-corrected chi connectivity index (χ4v) is 3.49. The van der Waals surface area contributed by atoms with Gasteiger partial charge in [0.15, 0.2) is 0 Å². The summed E-state index contributed by atoms with van der Waals surface area (Å²) in [7, 11) is -3.09. The van der Waals surface area contributed by atoms with Crippen LogP contribution in [0.25, 0.3) is 0 Å². The molecule has 0 aromatic heterocycles. The van der Waals surface area contributed by atoms with Gasteiger partial charge < -0.3 is 5.32 Å².